The fraction of sp³-hybridized carbons (Fsp3) is 0.0323. The second-order valence-corrected chi connectivity index (χ2v) is 17.6. The van der Waals surface area contributed by atoms with Crippen molar-refractivity contribution in [2.24, 2.45) is 0 Å². The van der Waals surface area contributed by atoms with E-state index in [0.29, 0.717) is 0 Å². The first-order valence-electron chi connectivity index (χ1n) is 22.6. The monoisotopic (exact) mass is 848 g/mol. The average molecular weight is 849 g/mol. The van der Waals surface area contributed by atoms with E-state index in [1.807, 2.05) is 25.2 Å². The molecule has 3 heterocycles. The first kappa shape index (κ1) is 38.7. The normalized spacial score (nSPS) is 11.5. The molecule has 2 nitrogen and oxygen atoms in total. The van der Waals surface area contributed by atoms with E-state index in [1.54, 1.807) is 0 Å². The lowest BCUT2D eigenvalue weighted by Gasteiger charge is -2.11. The van der Waals surface area contributed by atoms with Gasteiger partial charge in [0.15, 0.2) is 0 Å². The summed E-state index contributed by atoms with van der Waals surface area (Å²) >= 11 is 1.86. The fourth-order valence-corrected chi connectivity index (χ4v) is 11.0. The highest BCUT2D eigenvalue weighted by molar-refractivity contribution is 7.25. The molecule has 308 valence electrons. The molecule has 0 saturated carbocycles. The van der Waals surface area contributed by atoms with Crippen molar-refractivity contribution < 1.29 is 0 Å². The molecular weight excluding hydrogens is 805 g/mol. The minimum Gasteiger partial charge on any atom is -0.309 e. The second-order valence-electron chi connectivity index (χ2n) is 16.5. The van der Waals surface area contributed by atoms with Crippen LogP contribution >= 0.6 is 11.3 Å². The Morgan fingerprint density at radius 3 is 1.22 bits per heavy atom. The molecular formula is C62H44N2S. The fourth-order valence-electron chi connectivity index (χ4n) is 9.93. The number of hydrogen-bond acceptors (Lipinski definition) is 1. The van der Waals surface area contributed by atoms with Crippen LogP contribution in [0.3, 0.4) is 0 Å². The number of rotatable bonds is 6. The van der Waals surface area contributed by atoms with Gasteiger partial charge in [0.1, 0.15) is 0 Å². The first-order chi connectivity index (χ1) is 32.2. The molecule has 10 aromatic carbocycles. The summed E-state index contributed by atoms with van der Waals surface area (Å²) in [6.45, 7) is 4.00. The quantitative estimate of drug-likeness (QED) is 0.158. The Morgan fingerprint density at radius 2 is 0.631 bits per heavy atom. The van der Waals surface area contributed by atoms with E-state index in [-0.39, 0.29) is 0 Å². The highest BCUT2D eigenvalue weighted by Crippen LogP contribution is 2.41. The predicted molar refractivity (Wildman–Crippen MR) is 281 cm³/mol. The molecule has 13 aromatic rings. The van der Waals surface area contributed by atoms with E-state index in [2.05, 4.69) is 240 Å². The molecule has 0 atom stereocenters. The van der Waals surface area contributed by atoms with Crippen molar-refractivity contribution in [1.82, 2.24) is 9.13 Å². The van der Waals surface area contributed by atoms with Crippen LogP contribution in [0, 0.1) is 0 Å². The van der Waals surface area contributed by atoms with E-state index >= 15 is 0 Å². The number of fused-ring (bicyclic) bond motifs is 9. The Kier molecular flexibility index (Phi) is 9.51. The molecule has 0 saturated heterocycles. The molecule has 0 aliphatic heterocycles. The second kappa shape index (κ2) is 16.0. The van der Waals surface area contributed by atoms with E-state index in [4.69, 9.17) is 0 Å². The standard InChI is InChI=1S/C60H38N2S.C2H6/c1-2-13-39(14-3-1)40-15-10-16-41(33-40)42-17-11-18-43(34-42)44-19-12-20-45(35-44)46-27-30-57-52(36-46)49-21-4-7-24-55(49)61(57)47-28-31-58-53(37-47)50-22-5-8-25-56(50)62(58)48-29-32-60-54(38-48)51-23-6-9-26-59(51)63-60;1-2/h1-38H;1-2H3. The molecule has 3 heteroatoms. The summed E-state index contributed by atoms with van der Waals surface area (Å²) in [6, 6.07) is 84.7. The summed E-state index contributed by atoms with van der Waals surface area (Å²) in [7, 11) is 0. The van der Waals surface area contributed by atoms with Crippen LogP contribution in [0.2, 0.25) is 0 Å². The van der Waals surface area contributed by atoms with Crippen LogP contribution in [0.4, 0.5) is 0 Å². The zero-order valence-corrected chi connectivity index (χ0v) is 37.1. The maximum atomic E-state index is 2.44. The molecule has 0 aliphatic carbocycles. The van der Waals surface area contributed by atoms with E-state index in [1.165, 1.54) is 114 Å². The highest BCUT2D eigenvalue weighted by atomic mass is 32.1. The van der Waals surface area contributed by atoms with E-state index < -0.39 is 0 Å². The van der Waals surface area contributed by atoms with Crippen molar-refractivity contribution in [3.05, 3.63) is 231 Å². The maximum absolute atomic E-state index is 2.44. The van der Waals surface area contributed by atoms with E-state index in [9.17, 15) is 0 Å². The van der Waals surface area contributed by atoms with Crippen LogP contribution in [0.15, 0.2) is 231 Å². The minimum atomic E-state index is 1.15. The molecule has 0 amide bonds. The van der Waals surface area contributed by atoms with Crippen LogP contribution in [0.25, 0.3) is 120 Å². The number of para-hydroxylation sites is 2. The zero-order chi connectivity index (χ0) is 43.4. The lowest BCUT2D eigenvalue weighted by atomic mass is 9.94. The van der Waals surface area contributed by atoms with Gasteiger partial charge in [0, 0.05) is 53.1 Å². The topological polar surface area (TPSA) is 9.86 Å². The van der Waals surface area contributed by atoms with E-state index in [0.717, 1.165) is 5.69 Å². The molecule has 0 unspecified atom stereocenters. The van der Waals surface area contributed by atoms with Crippen molar-refractivity contribution in [3.63, 3.8) is 0 Å². The number of aromatic nitrogens is 2. The zero-order valence-electron chi connectivity index (χ0n) is 36.2. The van der Waals surface area contributed by atoms with Gasteiger partial charge >= 0.3 is 0 Å². The molecule has 65 heavy (non-hydrogen) atoms. The molecule has 0 aliphatic rings. The Labute approximate surface area is 382 Å². The lowest BCUT2D eigenvalue weighted by molar-refractivity contribution is 1.17. The number of benzene rings is 10. The highest BCUT2D eigenvalue weighted by Gasteiger charge is 2.18. The third-order valence-electron chi connectivity index (χ3n) is 12.9. The summed E-state index contributed by atoms with van der Waals surface area (Å²) in [5, 5.41) is 7.60. The molecule has 0 bridgehead atoms. The van der Waals surface area contributed by atoms with Gasteiger partial charge in [0.2, 0.25) is 0 Å². The van der Waals surface area contributed by atoms with Gasteiger partial charge in [-0.1, -0.05) is 159 Å². The molecule has 0 radical (unpaired) electrons. The van der Waals surface area contributed by atoms with Crippen LogP contribution in [-0.2, 0) is 0 Å². The molecule has 0 spiro atoms. The van der Waals surface area contributed by atoms with Gasteiger partial charge in [-0.2, -0.15) is 0 Å². The van der Waals surface area contributed by atoms with Gasteiger partial charge in [0.05, 0.1) is 22.1 Å². The van der Waals surface area contributed by atoms with Gasteiger partial charge in [-0.25, -0.2) is 0 Å². The van der Waals surface area contributed by atoms with Gasteiger partial charge in [-0.05, 0) is 129 Å². The largest absolute Gasteiger partial charge is 0.309 e. The summed E-state index contributed by atoms with van der Waals surface area (Å²) < 4.78 is 7.52. The Bertz CT molecular complexity index is 3920. The Hall–Kier alpha value is -7.98. The molecule has 13 rings (SSSR count). The van der Waals surface area contributed by atoms with Gasteiger partial charge in [0.25, 0.3) is 0 Å². The Morgan fingerprint density at radius 1 is 0.246 bits per heavy atom. The van der Waals surface area contributed by atoms with Crippen molar-refractivity contribution in [3.8, 4) is 55.9 Å². The van der Waals surface area contributed by atoms with Gasteiger partial charge < -0.3 is 9.13 Å². The third-order valence-corrected chi connectivity index (χ3v) is 14.1. The third kappa shape index (κ3) is 6.55. The Balaban J connectivity index is 0.00000219. The SMILES string of the molecule is CC.c1ccc(-c2cccc(-c3cccc(-c4cccc(-c5ccc6c(c5)c5ccccc5n6-c5ccc6c(c5)c5ccccc5n6-c5ccc6sc7ccccc7c6c5)c4)c3)c2)cc1. The van der Waals surface area contributed by atoms with Gasteiger partial charge in [-0.3, -0.25) is 0 Å². The van der Waals surface area contributed by atoms with Crippen LogP contribution in [-0.4, -0.2) is 9.13 Å². The lowest BCUT2D eigenvalue weighted by Crippen LogP contribution is -1.95. The van der Waals surface area contributed by atoms with Crippen molar-refractivity contribution in [2.75, 3.05) is 0 Å². The number of thiophene rings is 1. The minimum absolute atomic E-state index is 1.15. The predicted octanol–water partition coefficient (Wildman–Crippen LogP) is 17.9. The number of nitrogens with zero attached hydrogens (tertiary/aromatic N) is 2. The van der Waals surface area contributed by atoms with Crippen molar-refractivity contribution in [2.45, 2.75) is 13.8 Å². The van der Waals surface area contributed by atoms with Crippen LogP contribution < -0.4 is 0 Å². The molecule has 0 fully saturated rings. The summed E-state index contributed by atoms with van der Waals surface area (Å²) in [5.74, 6) is 0. The van der Waals surface area contributed by atoms with Crippen LogP contribution in [0.5, 0.6) is 0 Å². The smallest absolute Gasteiger partial charge is 0.0542 e. The first-order valence-corrected chi connectivity index (χ1v) is 23.4. The van der Waals surface area contributed by atoms with Crippen LogP contribution in [0.1, 0.15) is 13.8 Å². The summed E-state index contributed by atoms with van der Waals surface area (Å²) in [4.78, 5) is 0. The van der Waals surface area contributed by atoms with Crippen molar-refractivity contribution in [1.29, 1.82) is 0 Å². The molecule has 0 N–H and O–H groups in total. The maximum Gasteiger partial charge on any atom is 0.0542 e. The summed E-state index contributed by atoms with van der Waals surface area (Å²) in [5.41, 5.74) is 16.8. The number of hydrogen-bond donors (Lipinski definition) is 0. The van der Waals surface area contributed by atoms with Gasteiger partial charge in [-0.15, -0.1) is 11.3 Å². The average Bonchev–Trinajstić information content (AvgIpc) is 4.04. The summed E-state index contributed by atoms with van der Waals surface area (Å²) in [6.07, 6.45) is 0. The van der Waals surface area contributed by atoms with Crippen molar-refractivity contribution >= 4 is 75.1 Å². The molecule has 3 aromatic heterocycles.